The van der Waals surface area contributed by atoms with E-state index in [1.165, 1.54) is 10.9 Å². The van der Waals surface area contributed by atoms with Crippen molar-refractivity contribution < 1.29 is 5.11 Å². The van der Waals surface area contributed by atoms with Crippen LogP contribution in [0.25, 0.3) is 0 Å². The van der Waals surface area contributed by atoms with Crippen LogP contribution in [0.3, 0.4) is 0 Å². The Morgan fingerprint density at radius 1 is 1.65 bits per heavy atom. The van der Waals surface area contributed by atoms with Gasteiger partial charge in [0.15, 0.2) is 0 Å². The van der Waals surface area contributed by atoms with Gasteiger partial charge in [-0.1, -0.05) is 31.5 Å². The van der Waals surface area contributed by atoms with E-state index in [9.17, 15) is 9.90 Å². The molecule has 20 heavy (non-hydrogen) atoms. The van der Waals surface area contributed by atoms with Crippen LogP contribution in [0.2, 0.25) is 5.02 Å². The van der Waals surface area contributed by atoms with Gasteiger partial charge in [0.2, 0.25) is 0 Å². The van der Waals surface area contributed by atoms with Crippen LogP contribution in [-0.4, -0.2) is 27.0 Å². The van der Waals surface area contributed by atoms with Gasteiger partial charge in [0, 0.05) is 6.54 Å². The van der Waals surface area contributed by atoms with Gasteiger partial charge in [0.25, 0.3) is 5.56 Å². The van der Waals surface area contributed by atoms with E-state index in [-0.39, 0.29) is 10.6 Å². The molecule has 0 fully saturated rings. The van der Waals surface area contributed by atoms with Crippen LogP contribution in [0, 0.1) is 5.92 Å². The zero-order valence-electron chi connectivity index (χ0n) is 12.2. The maximum Gasteiger partial charge on any atom is 0.287 e. The van der Waals surface area contributed by atoms with Gasteiger partial charge in [-0.2, -0.15) is 5.10 Å². The summed E-state index contributed by atoms with van der Waals surface area (Å²) in [5.74, 6) is 0.376. The molecule has 1 heterocycles. The fourth-order valence-electron chi connectivity index (χ4n) is 2.08. The lowest BCUT2D eigenvalue weighted by Crippen LogP contribution is -2.35. The summed E-state index contributed by atoms with van der Waals surface area (Å²) in [5.41, 5.74) is -0.811. The second-order valence-corrected chi connectivity index (χ2v) is 5.97. The molecule has 0 aromatic carbocycles. The number of nitrogens with one attached hydrogen (secondary N) is 1. The molecule has 0 radical (unpaired) electrons. The number of rotatable bonds is 7. The standard InChI is InChI=1S/C14H22ClN3O2/c1-5-6-18-13(19)12(15)11(8-17-18)16-9-14(4,20)7-10(2)3/h5,8,10,16,20H,1,6-7,9H2,2-4H3. The Bertz CT molecular complexity index is 524. The van der Waals surface area contributed by atoms with Crippen LogP contribution < -0.4 is 10.9 Å². The Balaban J connectivity index is 2.82. The molecule has 0 amide bonds. The molecule has 6 heteroatoms. The Labute approximate surface area is 124 Å². The van der Waals surface area contributed by atoms with E-state index in [0.717, 1.165) is 0 Å². The van der Waals surface area contributed by atoms with Crippen molar-refractivity contribution in [3.63, 3.8) is 0 Å². The third-order valence-corrected chi connectivity index (χ3v) is 3.16. The maximum absolute atomic E-state index is 11.9. The number of nitrogens with zero attached hydrogens (tertiary/aromatic N) is 2. The lowest BCUT2D eigenvalue weighted by atomic mass is 9.94. The molecule has 0 aliphatic heterocycles. The topological polar surface area (TPSA) is 67.2 Å². The van der Waals surface area contributed by atoms with Gasteiger partial charge in [-0.25, -0.2) is 4.68 Å². The average molecular weight is 300 g/mol. The molecule has 1 unspecified atom stereocenters. The van der Waals surface area contributed by atoms with Crippen LogP contribution in [0.1, 0.15) is 27.2 Å². The maximum atomic E-state index is 11.9. The summed E-state index contributed by atoms with van der Waals surface area (Å²) in [4.78, 5) is 11.9. The highest BCUT2D eigenvalue weighted by Gasteiger charge is 2.22. The average Bonchev–Trinajstić information content (AvgIpc) is 2.33. The number of hydrogen-bond donors (Lipinski definition) is 2. The molecule has 0 saturated carbocycles. The zero-order valence-corrected chi connectivity index (χ0v) is 12.9. The van der Waals surface area contributed by atoms with Crippen molar-refractivity contribution >= 4 is 17.3 Å². The minimum atomic E-state index is -0.868. The summed E-state index contributed by atoms with van der Waals surface area (Å²) in [5, 5.41) is 17.3. The van der Waals surface area contributed by atoms with E-state index in [1.807, 2.05) is 13.8 Å². The first-order valence-corrected chi connectivity index (χ1v) is 6.97. The predicted octanol–water partition coefficient (Wildman–Crippen LogP) is 2.29. The third-order valence-electron chi connectivity index (χ3n) is 2.79. The molecule has 1 aromatic heterocycles. The third kappa shape index (κ3) is 4.65. The van der Waals surface area contributed by atoms with Crippen molar-refractivity contribution in [2.45, 2.75) is 39.3 Å². The van der Waals surface area contributed by atoms with Crippen molar-refractivity contribution in [2.24, 2.45) is 5.92 Å². The molecule has 0 spiro atoms. The van der Waals surface area contributed by atoms with Crippen molar-refractivity contribution in [2.75, 3.05) is 11.9 Å². The minimum Gasteiger partial charge on any atom is -0.388 e. The highest BCUT2D eigenvalue weighted by atomic mass is 35.5. The van der Waals surface area contributed by atoms with E-state index in [2.05, 4.69) is 17.0 Å². The normalized spacial score (nSPS) is 14.1. The zero-order chi connectivity index (χ0) is 15.3. The molecule has 5 nitrogen and oxygen atoms in total. The SMILES string of the molecule is C=CCn1ncc(NCC(C)(O)CC(C)C)c(Cl)c1=O. The molecule has 0 saturated heterocycles. The van der Waals surface area contributed by atoms with E-state index < -0.39 is 5.60 Å². The molecule has 1 atom stereocenters. The van der Waals surface area contributed by atoms with Crippen molar-refractivity contribution in [3.05, 3.63) is 34.2 Å². The van der Waals surface area contributed by atoms with Gasteiger partial charge in [-0.05, 0) is 19.3 Å². The lowest BCUT2D eigenvalue weighted by Gasteiger charge is -2.26. The Hall–Kier alpha value is -1.33. The smallest absolute Gasteiger partial charge is 0.287 e. The van der Waals surface area contributed by atoms with Crippen LogP contribution in [0.4, 0.5) is 5.69 Å². The fraction of sp³-hybridized carbons (Fsp3) is 0.571. The Kier molecular flexibility index (Phi) is 5.77. The second-order valence-electron chi connectivity index (χ2n) is 5.60. The molecule has 0 aliphatic rings. The van der Waals surface area contributed by atoms with E-state index in [1.54, 1.807) is 13.0 Å². The summed E-state index contributed by atoms with van der Waals surface area (Å²) in [6.07, 6.45) is 3.71. The van der Waals surface area contributed by atoms with Gasteiger partial charge in [0.1, 0.15) is 5.02 Å². The van der Waals surface area contributed by atoms with Gasteiger partial charge in [-0.3, -0.25) is 4.79 Å². The summed E-state index contributed by atoms with van der Waals surface area (Å²) < 4.78 is 1.23. The van der Waals surface area contributed by atoms with Gasteiger partial charge in [-0.15, -0.1) is 6.58 Å². The predicted molar refractivity (Wildman–Crippen MR) is 82.3 cm³/mol. The summed E-state index contributed by atoms with van der Waals surface area (Å²) >= 11 is 6.02. The van der Waals surface area contributed by atoms with Crippen molar-refractivity contribution in [1.29, 1.82) is 0 Å². The van der Waals surface area contributed by atoms with Crippen LogP contribution >= 0.6 is 11.6 Å². The number of aromatic nitrogens is 2. The van der Waals surface area contributed by atoms with Gasteiger partial charge in [0.05, 0.1) is 24.0 Å². The molecule has 0 bridgehead atoms. The number of allylic oxidation sites excluding steroid dienone is 1. The summed E-state index contributed by atoms with van der Waals surface area (Å²) in [6.45, 7) is 10.00. The molecule has 2 N–H and O–H groups in total. The largest absolute Gasteiger partial charge is 0.388 e. The van der Waals surface area contributed by atoms with E-state index in [4.69, 9.17) is 11.6 Å². The summed E-state index contributed by atoms with van der Waals surface area (Å²) in [7, 11) is 0. The first-order valence-electron chi connectivity index (χ1n) is 6.59. The molecule has 112 valence electrons. The van der Waals surface area contributed by atoms with Gasteiger partial charge >= 0.3 is 0 Å². The quantitative estimate of drug-likeness (QED) is 0.758. The molecule has 0 aliphatic carbocycles. The fourth-order valence-corrected chi connectivity index (χ4v) is 2.29. The lowest BCUT2D eigenvalue weighted by molar-refractivity contribution is 0.0515. The van der Waals surface area contributed by atoms with E-state index >= 15 is 0 Å². The number of aliphatic hydroxyl groups is 1. The van der Waals surface area contributed by atoms with Crippen LogP contribution in [0.15, 0.2) is 23.6 Å². The molecular weight excluding hydrogens is 278 g/mol. The number of halogens is 1. The van der Waals surface area contributed by atoms with E-state index in [0.29, 0.717) is 31.1 Å². The number of hydrogen-bond acceptors (Lipinski definition) is 4. The number of anilines is 1. The highest BCUT2D eigenvalue weighted by Crippen LogP contribution is 2.20. The monoisotopic (exact) mass is 299 g/mol. The van der Waals surface area contributed by atoms with Crippen LogP contribution in [0.5, 0.6) is 0 Å². The Morgan fingerprint density at radius 3 is 2.85 bits per heavy atom. The first-order chi connectivity index (χ1) is 9.26. The molecular formula is C14H22ClN3O2. The van der Waals surface area contributed by atoms with Crippen molar-refractivity contribution in [1.82, 2.24) is 9.78 Å². The van der Waals surface area contributed by atoms with Gasteiger partial charge < -0.3 is 10.4 Å². The minimum absolute atomic E-state index is 0.0715. The molecule has 1 aromatic rings. The molecule has 1 rings (SSSR count). The Morgan fingerprint density at radius 2 is 2.30 bits per heavy atom. The summed E-state index contributed by atoms with van der Waals surface area (Å²) in [6, 6.07) is 0. The van der Waals surface area contributed by atoms with Crippen molar-refractivity contribution in [3.8, 4) is 0 Å². The second kappa shape index (κ2) is 6.90. The highest BCUT2D eigenvalue weighted by molar-refractivity contribution is 6.32. The first kappa shape index (κ1) is 16.7. The van der Waals surface area contributed by atoms with Crippen LogP contribution in [-0.2, 0) is 6.54 Å².